The Labute approximate surface area is 108 Å². The molecule has 0 bridgehead atoms. The lowest BCUT2D eigenvalue weighted by Gasteiger charge is -2.12. The fraction of sp³-hybridized carbons (Fsp3) is 0.455. The molecule has 2 aromatic rings. The molecule has 0 aromatic carbocycles. The first-order valence-corrected chi connectivity index (χ1v) is 6.79. The fourth-order valence-corrected chi connectivity index (χ4v) is 2.67. The number of hydrogen-bond donors (Lipinski definition) is 4. The van der Waals surface area contributed by atoms with Crippen molar-refractivity contribution in [3.8, 4) is 0 Å². The summed E-state index contributed by atoms with van der Waals surface area (Å²) in [7, 11) is 0. The van der Waals surface area contributed by atoms with Crippen molar-refractivity contribution in [1.29, 1.82) is 0 Å². The van der Waals surface area contributed by atoms with Crippen molar-refractivity contribution in [1.82, 2.24) is 9.97 Å². The predicted octanol–water partition coefficient (Wildman–Crippen LogP) is 1.16. The standard InChI is InChI=1S/C11H15N5OS/c12-16-11-14-9(7-3-4-18-10(7)15-11)13-5-8(17)6-1-2-6/h3-4,6,8,17H,1-2,5,12H2,(H2,13,14,15,16). The topological polar surface area (TPSA) is 96.1 Å². The summed E-state index contributed by atoms with van der Waals surface area (Å²) in [5.41, 5.74) is 2.45. The number of anilines is 2. The molecule has 1 atom stereocenters. The second-order valence-corrected chi connectivity index (χ2v) is 5.36. The number of thiophene rings is 1. The van der Waals surface area contributed by atoms with Crippen LogP contribution in [0.2, 0.25) is 0 Å². The molecule has 0 saturated heterocycles. The van der Waals surface area contributed by atoms with Crippen LogP contribution in [0.4, 0.5) is 11.8 Å². The number of nitrogens with one attached hydrogen (secondary N) is 2. The Morgan fingerprint density at radius 1 is 1.50 bits per heavy atom. The summed E-state index contributed by atoms with van der Waals surface area (Å²) in [5, 5.41) is 16.0. The van der Waals surface area contributed by atoms with Gasteiger partial charge in [0.25, 0.3) is 0 Å². The Balaban J connectivity index is 1.82. The molecule has 1 aliphatic carbocycles. The van der Waals surface area contributed by atoms with E-state index >= 15 is 0 Å². The van der Waals surface area contributed by atoms with Crippen LogP contribution in [0.15, 0.2) is 11.4 Å². The molecule has 1 aliphatic rings. The molecule has 1 fully saturated rings. The smallest absolute Gasteiger partial charge is 0.240 e. The van der Waals surface area contributed by atoms with Gasteiger partial charge >= 0.3 is 0 Å². The van der Waals surface area contributed by atoms with E-state index in [4.69, 9.17) is 5.84 Å². The molecule has 0 aliphatic heterocycles. The second-order valence-electron chi connectivity index (χ2n) is 4.47. The minimum atomic E-state index is -0.303. The van der Waals surface area contributed by atoms with Crippen molar-refractivity contribution in [2.45, 2.75) is 18.9 Å². The van der Waals surface area contributed by atoms with Crippen LogP contribution in [0.1, 0.15) is 12.8 Å². The van der Waals surface area contributed by atoms with Crippen LogP contribution in [-0.4, -0.2) is 27.7 Å². The minimum absolute atomic E-state index is 0.303. The average Bonchev–Trinajstić information content (AvgIpc) is 3.13. The lowest BCUT2D eigenvalue weighted by Crippen LogP contribution is -2.22. The predicted molar refractivity (Wildman–Crippen MR) is 72.4 cm³/mol. The molecule has 7 heteroatoms. The zero-order chi connectivity index (χ0) is 12.5. The minimum Gasteiger partial charge on any atom is -0.391 e. The maximum atomic E-state index is 9.86. The highest BCUT2D eigenvalue weighted by Crippen LogP contribution is 2.33. The molecule has 0 radical (unpaired) electrons. The Morgan fingerprint density at radius 2 is 2.33 bits per heavy atom. The molecule has 18 heavy (non-hydrogen) atoms. The summed E-state index contributed by atoms with van der Waals surface area (Å²) in [6.07, 6.45) is 1.94. The first-order chi connectivity index (χ1) is 8.78. The van der Waals surface area contributed by atoms with Gasteiger partial charge in [-0.15, -0.1) is 11.3 Å². The van der Waals surface area contributed by atoms with Crippen LogP contribution in [0, 0.1) is 5.92 Å². The lowest BCUT2D eigenvalue weighted by atomic mass is 10.2. The van der Waals surface area contributed by atoms with Crippen LogP contribution in [0.3, 0.4) is 0 Å². The van der Waals surface area contributed by atoms with Crippen LogP contribution >= 0.6 is 11.3 Å². The molecule has 3 rings (SSSR count). The third-order valence-electron chi connectivity index (χ3n) is 3.10. The molecule has 0 spiro atoms. The number of nitrogens with two attached hydrogens (primary N) is 1. The van der Waals surface area contributed by atoms with E-state index < -0.39 is 0 Å². The van der Waals surface area contributed by atoms with Crippen molar-refractivity contribution in [3.05, 3.63) is 11.4 Å². The van der Waals surface area contributed by atoms with Crippen molar-refractivity contribution in [3.63, 3.8) is 0 Å². The molecule has 96 valence electrons. The van der Waals surface area contributed by atoms with Crippen LogP contribution in [0.5, 0.6) is 0 Å². The maximum Gasteiger partial charge on any atom is 0.240 e. The Bertz CT molecular complexity index is 553. The van der Waals surface area contributed by atoms with Gasteiger partial charge in [-0.25, -0.2) is 10.8 Å². The van der Waals surface area contributed by atoms with Gasteiger partial charge in [-0.1, -0.05) is 0 Å². The number of hydrogen-bond acceptors (Lipinski definition) is 7. The van der Waals surface area contributed by atoms with Gasteiger partial charge in [0.15, 0.2) is 0 Å². The van der Waals surface area contributed by atoms with E-state index in [2.05, 4.69) is 20.7 Å². The summed E-state index contributed by atoms with van der Waals surface area (Å²) < 4.78 is 0. The number of aliphatic hydroxyl groups is 1. The van der Waals surface area contributed by atoms with Gasteiger partial charge in [0.2, 0.25) is 5.95 Å². The molecule has 1 saturated carbocycles. The van der Waals surface area contributed by atoms with E-state index in [0.717, 1.165) is 23.1 Å². The maximum absolute atomic E-state index is 9.86. The van der Waals surface area contributed by atoms with Crippen LogP contribution in [-0.2, 0) is 0 Å². The molecule has 0 amide bonds. The summed E-state index contributed by atoms with van der Waals surface area (Å²) in [4.78, 5) is 9.41. The molecule has 6 nitrogen and oxygen atoms in total. The normalized spacial score (nSPS) is 16.8. The summed E-state index contributed by atoms with van der Waals surface area (Å²) in [5.74, 6) is 6.89. The van der Waals surface area contributed by atoms with Gasteiger partial charge in [-0.3, -0.25) is 5.43 Å². The Kier molecular flexibility index (Phi) is 3.02. The Morgan fingerprint density at radius 3 is 3.06 bits per heavy atom. The van der Waals surface area contributed by atoms with Crippen LogP contribution < -0.4 is 16.6 Å². The fourth-order valence-electron chi connectivity index (χ4n) is 1.90. The van der Waals surface area contributed by atoms with Gasteiger partial charge in [0.1, 0.15) is 10.6 Å². The molecule has 2 aromatic heterocycles. The van der Waals surface area contributed by atoms with Crippen molar-refractivity contribution >= 4 is 33.3 Å². The number of nitrogens with zero attached hydrogens (tertiary/aromatic N) is 2. The summed E-state index contributed by atoms with van der Waals surface area (Å²) >= 11 is 1.53. The van der Waals surface area contributed by atoms with Gasteiger partial charge in [-0.05, 0) is 30.2 Å². The SMILES string of the molecule is NNc1nc(NCC(O)C2CC2)c2ccsc2n1. The lowest BCUT2D eigenvalue weighted by molar-refractivity contribution is 0.164. The van der Waals surface area contributed by atoms with E-state index in [0.29, 0.717) is 24.2 Å². The number of fused-ring (bicyclic) bond motifs is 1. The summed E-state index contributed by atoms with van der Waals surface area (Å²) in [6, 6.07) is 1.96. The van der Waals surface area contributed by atoms with Crippen molar-refractivity contribution < 1.29 is 5.11 Å². The highest BCUT2D eigenvalue weighted by Gasteiger charge is 2.29. The van der Waals surface area contributed by atoms with E-state index in [1.165, 1.54) is 11.3 Å². The third kappa shape index (κ3) is 2.24. The zero-order valence-corrected chi connectivity index (χ0v) is 10.6. The van der Waals surface area contributed by atoms with E-state index in [-0.39, 0.29) is 6.10 Å². The zero-order valence-electron chi connectivity index (χ0n) is 9.76. The number of aromatic nitrogens is 2. The average molecular weight is 265 g/mol. The molecular formula is C11H15N5OS. The van der Waals surface area contributed by atoms with Crippen molar-refractivity contribution in [2.75, 3.05) is 17.3 Å². The second kappa shape index (κ2) is 4.68. The quantitative estimate of drug-likeness (QED) is 0.478. The number of nitrogen functional groups attached to an aromatic ring is 1. The summed E-state index contributed by atoms with van der Waals surface area (Å²) in [6.45, 7) is 0.511. The first-order valence-electron chi connectivity index (χ1n) is 5.91. The van der Waals surface area contributed by atoms with E-state index in [1.54, 1.807) is 0 Å². The monoisotopic (exact) mass is 265 g/mol. The number of rotatable bonds is 5. The van der Waals surface area contributed by atoms with Gasteiger partial charge in [-0.2, -0.15) is 4.98 Å². The highest BCUT2D eigenvalue weighted by molar-refractivity contribution is 7.16. The van der Waals surface area contributed by atoms with Gasteiger partial charge in [0.05, 0.1) is 11.5 Å². The molecule has 1 unspecified atom stereocenters. The molecular weight excluding hydrogens is 250 g/mol. The number of aliphatic hydroxyl groups excluding tert-OH is 1. The third-order valence-corrected chi connectivity index (χ3v) is 3.91. The first kappa shape index (κ1) is 11.6. The van der Waals surface area contributed by atoms with Crippen LogP contribution in [0.25, 0.3) is 10.2 Å². The largest absolute Gasteiger partial charge is 0.391 e. The van der Waals surface area contributed by atoms with E-state index in [1.807, 2.05) is 11.4 Å². The Hall–Kier alpha value is -1.44. The van der Waals surface area contributed by atoms with Gasteiger partial charge < -0.3 is 10.4 Å². The molecule has 5 N–H and O–H groups in total. The number of hydrazine groups is 1. The van der Waals surface area contributed by atoms with Crippen molar-refractivity contribution in [2.24, 2.45) is 11.8 Å². The van der Waals surface area contributed by atoms with Gasteiger partial charge in [0, 0.05) is 6.54 Å². The molecule has 2 heterocycles. The highest BCUT2D eigenvalue weighted by atomic mass is 32.1. The van der Waals surface area contributed by atoms with E-state index in [9.17, 15) is 5.11 Å².